The fraction of sp³-hybridized carbons (Fsp3) is 0. The lowest BCUT2D eigenvalue weighted by atomic mass is 9.82. The molecule has 0 fully saturated rings. The molecule has 0 bridgehead atoms. The number of rotatable bonds is 4. The van der Waals surface area contributed by atoms with Crippen LogP contribution in [0.25, 0.3) is 88.0 Å². The average Bonchev–Trinajstić information content (AvgIpc) is 3.50. The second kappa shape index (κ2) is 10.4. The van der Waals surface area contributed by atoms with E-state index in [-0.39, 0.29) is 0 Å². The number of para-hydroxylation sites is 1. The van der Waals surface area contributed by atoms with Crippen LogP contribution in [-0.4, -0.2) is 0 Å². The van der Waals surface area contributed by atoms with Crippen LogP contribution in [0.1, 0.15) is 1.37 Å². The highest BCUT2D eigenvalue weighted by molar-refractivity contribution is 6.26. The van der Waals surface area contributed by atoms with Crippen LogP contribution in [0.5, 0.6) is 0 Å². The molecule has 0 saturated heterocycles. The molecule has 45 heavy (non-hydrogen) atoms. The van der Waals surface area contributed by atoms with Gasteiger partial charge in [0.05, 0.1) is 1.37 Å². The van der Waals surface area contributed by atoms with Crippen LogP contribution in [0.3, 0.4) is 0 Å². The molecule has 0 N–H and O–H groups in total. The fourth-order valence-corrected chi connectivity index (χ4v) is 7.08. The Labute approximate surface area is 263 Å². The van der Waals surface area contributed by atoms with Gasteiger partial charge in [0.15, 0.2) is 0 Å². The smallest absolute Gasteiger partial charge is 0.136 e. The van der Waals surface area contributed by atoms with Gasteiger partial charge >= 0.3 is 0 Å². The predicted octanol–water partition coefficient (Wildman–Crippen LogP) is 12.6. The van der Waals surface area contributed by atoms with Crippen LogP contribution >= 0.6 is 0 Å². The minimum atomic E-state index is 0.511. The summed E-state index contributed by atoms with van der Waals surface area (Å²) in [4.78, 5) is 0. The van der Waals surface area contributed by atoms with Crippen molar-refractivity contribution in [3.63, 3.8) is 0 Å². The molecule has 0 aliphatic heterocycles. The molecule has 0 aliphatic carbocycles. The van der Waals surface area contributed by atoms with Crippen molar-refractivity contribution in [2.45, 2.75) is 0 Å². The molecular weight excluding hydrogens is 544 g/mol. The van der Waals surface area contributed by atoms with Crippen molar-refractivity contribution in [3.8, 4) is 44.5 Å². The van der Waals surface area contributed by atoms with Gasteiger partial charge in [0, 0.05) is 10.8 Å². The second-order valence-electron chi connectivity index (χ2n) is 11.5. The van der Waals surface area contributed by atoms with Crippen molar-refractivity contribution >= 4 is 43.5 Å². The van der Waals surface area contributed by atoms with Crippen molar-refractivity contribution in [1.29, 1.82) is 0 Å². The Balaban J connectivity index is 1.43. The summed E-state index contributed by atoms with van der Waals surface area (Å²) in [6.07, 6.45) is 0. The summed E-state index contributed by atoms with van der Waals surface area (Å²) in [5, 5.41) is 7.05. The maximum absolute atomic E-state index is 8.05. The Hall–Kier alpha value is -5.92. The number of hydrogen-bond donors (Lipinski definition) is 0. The molecule has 1 heteroatoms. The van der Waals surface area contributed by atoms with E-state index >= 15 is 0 Å². The van der Waals surface area contributed by atoms with E-state index in [9.17, 15) is 0 Å². The SMILES string of the molecule is [2H]c1ccc(-c2ccccc2-c2c3ccccc3c(-c3cc(-c4ccccc4)cc4oc5ccccc5c34)c3ccccc23)cc1. The minimum Gasteiger partial charge on any atom is -0.456 e. The lowest BCUT2D eigenvalue weighted by molar-refractivity contribution is 0.669. The first-order valence-electron chi connectivity index (χ1n) is 15.9. The van der Waals surface area contributed by atoms with Crippen molar-refractivity contribution in [3.05, 3.63) is 170 Å². The Bertz CT molecular complexity index is 2520. The summed E-state index contributed by atoms with van der Waals surface area (Å²) in [6, 6.07) is 58.1. The molecule has 8 aromatic carbocycles. The molecule has 0 amide bonds. The molecule has 9 aromatic rings. The summed E-state index contributed by atoms with van der Waals surface area (Å²) in [6.45, 7) is 0. The van der Waals surface area contributed by atoms with Gasteiger partial charge in [-0.25, -0.2) is 0 Å². The quantitative estimate of drug-likeness (QED) is 0.191. The zero-order valence-electron chi connectivity index (χ0n) is 25.5. The van der Waals surface area contributed by atoms with Crippen LogP contribution in [0.4, 0.5) is 0 Å². The standard InChI is InChI=1S/C44H28O/c1-3-15-29(16-4-1)31-27-39(44-38-25-13-14-26-40(38)45-41(44)28-31)43-36-23-11-9-21-34(36)42(35-22-10-12-24-37(35)43)33-20-8-7-19-32(33)30-17-5-2-6-18-30/h1-28H/i2D. The van der Waals surface area contributed by atoms with E-state index in [1.54, 1.807) is 0 Å². The summed E-state index contributed by atoms with van der Waals surface area (Å²) >= 11 is 0. The molecule has 9 rings (SSSR count). The van der Waals surface area contributed by atoms with Crippen LogP contribution in [0.2, 0.25) is 0 Å². The molecule has 0 atom stereocenters. The zero-order chi connectivity index (χ0) is 30.6. The molecular formula is C44H28O. The summed E-state index contributed by atoms with van der Waals surface area (Å²) in [5.41, 5.74) is 11.1. The van der Waals surface area contributed by atoms with Gasteiger partial charge in [-0.05, 0) is 84.3 Å². The number of benzene rings is 8. The summed E-state index contributed by atoms with van der Waals surface area (Å²) < 4.78 is 14.6. The van der Waals surface area contributed by atoms with E-state index in [4.69, 9.17) is 5.79 Å². The van der Waals surface area contributed by atoms with Crippen LogP contribution in [0.15, 0.2) is 174 Å². The summed E-state index contributed by atoms with van der Waals surface area (Å²) in [7, 11) is 0. The van der Waals surface area contributed by atoms with Gasteiger partial charge in [0.2, 0.25) is 0 Å². The van der Waals surface area contributed by atoms with Crippen molar-refractivity contribution < 1.29 is 5.79 Å². The van der Waals surface area contributed by atoms with Gasteiger partial charge in [-0.2, -0.15) is 0 Å². The normalized spacial score (nSPS) is 11.9. The molecule has 0 aliphatic rings. The van der Waals surface area contributed by atoms with Gasteiger partial charge in [0.1, 0.15) is 11.2 Å². The molecule has 1 aromatic heterocycles. The molecule has 0 saturated carbocycles. The van der Waals surface area contributed by atoms with E-state index < -0.39 is 0 Å². The van der Waals surface area contributed by atoms with Crippen LogP contribution < -0.4 is 0 Å². The van der Waals surface area contributed by atoms with Crippen LogP contribution in [0, 0.1) is 0 Å². The van der Waals surface area contributed by atoms with E-state index in [0.29, 0.717) is 6.04 Å². The zero-order valence-corrected chi connectivity index (χ0v) is 24.5. The first kappa shape index (κ1) is 24.5. The maximum Gasteiger partial charge on any atom is 0.136 e. The molecule has 0 radical (unpaired) electrons. The number of hydrogen-bond acceptors (Lipinski definition) is 1. The Kier molecular flexibility index (Phi) is 5.65. The molecule has 0 unspecified atom stereocenters. The minimum absolute atomic E-state index is 0.511. The van der Waals surface area contributed by atoms with Crippen molar-refractivity contribution in [2.75, 3.05) is 0 Å². The van der Waals surface area contributed by atoms with E-state index in [1.807, 2.05) is 18.2 Å². The van der Waals surface area contributed by atoms with Gasteiger partial charge in [0.25, 0.3) is 0 Å². The largest absolute Gasteiger partial charge is 0.456 e. The topological polar surface area (TPSA) is 13.1 Å². The van der Waals surface area contributed by atoms with Crippen LogP contribution in [-0.2, 0) is 0 Å². The lowest BCUT2D eigenvalue weighted by Crippen LogP contribution is -1.93. The van der Waals surface area contributed by atoms with E-state index in [0.717, 1.165) is 44.2 Å². The van der Waals surface area contributed by atoms with E-state index in [2.05, 4.69) is 146 Å². The van der Waals surface area contributed by atoms with Gasteiger partial charge < -0.3 is 4.42 Å². The molecule has 1 heterocycles. The van der Waals surface area contributed by atoms with Crippen molar-refractivity contribution in [1.82, 2.24) is 0 Å². The Morgan fingerprint density at radius 3 is 1.53 bits per heavy atom. The van der Waals surface area contributed by atoms with Gasteiger partial charge in [-0.1, -0.05) is 152 Å². The highest BCUT2D eigenvalue weighted by atomic mass is 16.3. The number of fused-ring (bicyclic) bond motifs is 5. The van der Waals surface area contributed by atoms with Gasteiger partial charge in [-0.15, -0.1) is 0 Å². The van der Waals surface area contributed by atoms with Gasteiger partial charge in [-0.3, -0.25) is 0 Å². The maximum atomic E-state index is 8.05. The fourth-order valence-electron chi connectivity index (χ4n) is 7.08. The first-order valence-corrected chi connectivity index (χ1v) is 15.4. The molecule has 210 valence electrons. The highest BCUT2D eigenvalue weighted by Crippen LogP contribution is 2.49. The number of furan rings is 1. The Morgan fingerprint density at radius 2 is 0.867 bits per heavy atom. The third kappa shape index (κ3) is 4.09. The molecule has 0 spiro atoms. The first-order chi connectivity index (χ1) is 22.7. The highest BCUT2D eigenvalue weighted by Gasteiger charge is 2.22. The third-order valence-electron chi connectivity index (χ3n) is 9.01. The second-order valence-corrected chi connectivity index (χ2v) is 11.5. The lowest BCUT2D eigenvalue weighted by Gasteiger charge is -2.20. The van der Waals surface area contributed by atoms with E-state index in [1.165, 1.54) is 43.8 Å². The Morgan fingerprint density at radius 1 is 0.356 bits per heavy atom. The predicted molar refractivity (Wildman–Crippen MR) is 190 cm³/mol. The van der Waals surface area contributed by atoms with Crippen molar-refractivity contribution in [2.24, 2.45) is 0 Å². The summed E-state index contributed by atoms with van der Waals surface area (Å²) in [5.74, 6) is 0. The molecule has 1 nitrogen and oxygen atoms in total. The average molecular weight is 574 g/mol. The monoisotopic (exact) mass is 573 g/mol. The third-order valence-corrected chi connectivity index (χ3v) is 9.01.